The molecule has 10 rings (SSSR count). The number of nitrogens with two attached hydrogens (primary N) is 3. The second-order valence-corrected chi connectivity index (χ2v) is 24.3. The number of sulfonamides is 2. The Morgan fingerprint density at radius 1 is 0.554 bits per heavy atom. The highest BCUT2D eigenvalue weighted by Crippen LogP contribution is 2.46. The number of hydrogen-bond donors (Lipinski definition) is 3. The number of unbranched alkanes of at least 4 members (excludes halogenated alkanes) is 6. The van der Waals surface area contributed by atoms with Gasteiger partial charge in [0.25, 0.3) is 20.0 Å². The molecule has 396 valence electrons. The van der Waals surface area contributed by atoms with Crippen molar-refractivity contribution in [3.63, 3.8) is 0 Å². The van der Waals surface area contributed by atoms with E-state index in [4.69, 9.17) is 26.1 Å². The van der Waals surface area contributed by atoms with Crippen molar-refractivity contribution in [3.05, 3.63) is 141 Å². The van der Waals surface area contributed by atoms with Crippen LogP contribution in [-0.4, -0.2) is 54.9 Å². The smallest absolute Gasteiger partial charge is 0.262 e. The predicted octanol–water partition coefficient (Wildman–Crippen LogP) is 10.3. The van der Waals surface area contributed by atoms with Gasteiger partial charge in [-0.05, 0) is 194 Å². The van der Waals surface area contributed by atoms with Crippen LogP contribution in [0.3, 0.4) is 0 Å². The summed E-state index contributed by atoms with van der Waals surface area (Å²) < 4.78 is 65.8. The van der Waals surface area contributed by atoms with Crippen LogP contribution in [0.25, 0.3) is 0 Å². The predicted molar refractivity (Wildman–Crippen MR) is 292 cm³/mol. The Morgan fingerprint density at radius 2 is 0.986 bits per heavy atom. The van der Waals surface area contributed by atoms with Crippen LogP contribution in [0.5, 0.6) is 11.5 Å². The Labute approximate surface area is 439 Å². The first-order valence-electron chi connectivity index (χ1n) is 27.0. The van der Waals surface area contributed by atoms with E-state index < -0.39 is 20.0 Å². The monoisotopic (exact) mass is 1040 g/mol. The second-order valence-electron chi connectivity index (χ2n) is 20.9. The van der Waals surface area contributed by atoms with Crippen LogP contribution in [0.2, 0.25) is 0 Å². The number of nitrogens with zero attached hydrogens (tertiary/aromatic N) is 5. The van der Waals surface area contributed by atoms with E-state index in [-0.39, 0.29) is 23.1 Å². The summed E-state index contributed by atoms with van der Waals surface area (Å²) in [4.78, 5) is 0. The van der Waals surface area contributed by atoms with E-state index in [1.807, 2.05) is 48.5 Å². The van der Waals surface area contributed by atoms with Crippen molar-refractivity contribution in [3.8, 4) is 11.5 Å². The van der Waals surface area contributed by atoms with Gasteiger partial charge in [-0.15, -0.1) is 0 Å². The maximum Gasteiger partial charge on any atom is 0.262 e. The van der Waals surface area contributed by atoms with Crippen LogP contribution in [-0.2, 0) is 84.8 Å². The molecule has 16 heteroatoms. The van der Waals surface area contributed by atoms with Crippen molar-refractivity contribution in [1.29, 1.82) is 0 Å². The average molecular weight is 1050 g/mol. The average Bonchev–Trinajstić information content (AvgIpc) is 4.27. The summed E-state index contributed by atoms with van der Waals surface area (Å²) in [5.74, 6) is 2.68. The maximum absolute atomic E-state index is 13.9. The molecule has 4 aliphatic carbocycles. The Kier molecular flexibility index (Phi) is 17.2. The number of fused-ring (bicyclic) bond motifs is 4. The first-order chi connectivity index (χ1) is 35.8. The number of nitrogen functional groups attached to an aromatic ring is 2. The molecule has 0 saturated heterocycles. The minimum absolute atomic E-state index is 0.0588. The van der Waals surface area contributed by atoms with E-state index >= 15 is 0 Å². The first kappa shape index (κ1) is 53.2. The van der Waals surface area contributed by atoms with Gasteiger partial charge in [-0.3, -0.25) is 9.36 Å². The Morgan fingerprint density at radius 3 is 1.42 bits per heavy atom. The number of benzene rings is 4. The molecule has 2 aromatic heterocycles. The van der Waals surface area contributed by atoms with Gasteiger partial charge in [0.15, 0.2) is 10.1 Å². The summed E-state index contributed by atoms with van der Waals surface area (Å²) >= 11 is 0. The molecule has 2 atom stereocenters. The number of aromatic nitrogens is 4. The SMILES string of the molecule is COc1ccc(CN(Cc2ccc(OC)cc2)S(=O)(=O)c2ccn(CCCCCCC3CCc4cc5c(c(N)c43)CCC5)n2)cc1.Nc1c2c(cc3c1C(CCCCCCn1ccc(S(N)(=O)=O)n1)CC3)CCC2. The number of hydrogen-bond acceptors (Lipinski definition) is 10. The third-order valence-corrected chi connectivity index (χ3v) is 18.5. The number of primary sulfonamides is 1. The van der Waals surface area contributed by atoms with Crippen LogP contribution >= 0.6 is 0 Å². The molecule has 4 aromatic carbocycles. The van der Waals surface area contributed by atoms with Crippen LogP contribution in [0.15, 0.2) is 95.2 Å². The molecule has 0 spiro atoms. The van der Waals surface area contributed by atoms with E-state index in [9.17, 15) is 16.8 Å². The summed E-state index contributed by atoms with van der Waals surface area (Å²) in [6.45, 7) is 1.84. The summed E-state index contributed by atoms with van der Waals surface area (Å²) in [5.41, 5.74) is 29.0. The van der Waals surface area contributed by atoms with Crippen molar-refractivity contribution >= 4 is 31.4 Å². The standard InChI is InChI=1S/C37H46N4O4S.C21H30N4O2S/c1-44-32-17-11-27(12-18-32)25-41(26-28-13-19-33(45-2)20-14-28)46(42,43)35-21-23-40(39-35)22-6-4-3-5-8-29-15-16-31-24-30-9-7-10-34(30)37(38)36(29)31;22-21-18-8-5-7-16(18)14-17-10-9-15(20(17)21)6-3-1-2-4-12-25-13-11-19(24-25)28(23,26)27/h11-14,17-21,23-24,29H,3-10,15-16,22,25-26,38H2,1-2H3;11,13-15H,1-10,12,22H2,(H2,23,26,27). The Bertz CT molecular complexity index is 3050. The second kappa shape index (κ2) is 23.9. The summed E-state index contributed by atoms with van der Waals surface area (Å²) in [6, 6.07) is 22.9. The van der Waals surface area contributed by atoms with Gasteiger partial charge in [0.1, 0.15) is 11.5 Å². The normalized spacial score (nSPS) is 16.7. The molecule has 74 heavy (non-hydrogen) atoms. The van der Waals surface area contributed by atoms with Crippen molar-refractivity contribution in [2.75, 3.05) is 25.7 Å². The maximum atomic E-state index is 13.9. The highest BCUT2D eigenvalue weighted by Gasteiger charge is 2.31. The minimum atomic E-state index is -3.86. The van der Waals surface area contributed by atoms with Crippen molar-refractivity contribution in [1.82, 2.24) is 23.9 Å². The van der Waals surface area contributed by atoms with Gasteiger partial charge in [0, 0.05) is 49.9 Å². The van der Waals surface area contributed by atoms with Crippen molar-refractivity contribution in [2.24, 2.45) is 5.14 Å². The van der Waals surface area contributed by atoms with Gasteiger partial charge >= 0.3 is 0 Å². The molecule has 4 aliphatic rings. The van der Waals surface area contributed by atoms with E-state index in [0.29, 0.717) is 18.4 Å². The summed E-state index contributed by atoms with van der Waals surface area (Å²) in [6.07, 6.45) is 26.7. The van der Waals surface area contributed by atoms with Gasteiger partial charge in [-0.25, -0.2) is 22.0 Å². The molecule has 6 aromatic rings. The van der Waals surface area contributed by atoms with Crippen LogP contribution in [0, 0.1) is 0 Å². The summed E-state index contributed by atoms with van der Waals surface area (Å²) in [5, 5.41) is 13.6. The molecule has 0 bridgehead atoms. The van der Waals surface area contributed by atoms with Gasteiger partial charge in [0.05, 0.1) is 14.2 Å². The largest absolute Gasteiger partial charge is 0.497 e. The molecular formula is C58H76N8O6S2. The van der Waals surface area contributed by atoms with Crippen molar-refractivity contribution < 1.29 is 26.3 Å². The molecule has 0 fully saturated rings. The molecule has 0 radical (unpaired) electrons. The van der Waals surface area contributed by atoms with Gasteiger partial charge in [-0.2, -0.15) is 14.5 Å². The lowest BCUT2D eigenvalue weighted by Gasteiger charge is -2.21. The molecular weight excluding hydrogens is 969 g/mol. The van der Waals surface area contributed by atoms with Crippen LogP contribution in [0.1, 0.15) is 157 Å². The third kappa shape index (κ3) is 12.5. The van der Waals surface area contributed by atoms with Crippen LogP contribution < -0.4 is 26.1 Å². The molecule has 0 amide bonds. The lowest BCUT2D eigenvalue weighted by molar-refractivity contribution is 0.394. The van der Waals surface area contributed by atoms with Gasteiger partial charge in [-0.1, -0.05) is 74.9 Å². The zero-order chi connectivity index (χ0) is 51.8. The molecule has 2 unspecified atom stereocenters. The Balaban J connectivity index is 0.000000205. The zero-order valence-electron chi connectivity index (χ0n) is 43.4. The van der Waals surface area contributed by atoms with E-state index in [0.717, 1.165) is 85.5 Å². The molecule has 0 aliphatic heterocycles. The number of ether oxygens (including phenoxy) is 2. The molecule has 14 nitrogen and oxygen atoms in total. The number of methoxy groups -OCH3 is 2. The zero-order valence-corrected chi connectivity index (χ0v) is 45.1. The van der Waals surface area contributed by atoms with Gasteiger partial charge < -0.3 is 20.9 Å². The lowest BCUT2D eigenvalue weighted by Crippen LogP contribution is -2.30. The van der Waals surface area contributed by atoms with Crippen LogP contribution in [0.4, 0.5) is 11.4 Å². The third-order valence-electron chi connectivity index (χ3n) is 16.0. The molecule has 6 N–H and O–H groups in total. The lowest BCUT2D eigenvalue weighted by atomic mass is 9.90. The summed E-state index contributed by atoms with van der Waals surface area (Å²) in [7, 11) is -4.34. The molecule has 0 saturated carbocycles. The number of anilines is 2. The quantitative estimate of drug-likeness (QED) is 0.0409. The highest BCUT2D eigenvalue weighted by molar-refractivity contribution is 7.89. The fourth-order valence-corrected chi connectivity index (χ4v) is 13.9. The first-order valence-corrected chi connectivity index (χ1v) is 30.0. The van der Waals surface area contributed by atoms with Crippen molar-refractivity contribution in [2.45, 2.75) is 176 Å². The highest BCUT2D eigenvalue weighted by atomic mass is 32.2. The number of aryl methyl sites for hydroxylation is 6. The Hall–Kier alpha value is -5.68. The molecule has 2 heterocycles. The van der Waals surface area contributed by atoms with E-state index in [1.165, 1.54) is 138 Å². The van der Waals surface area contributed by atoms with Gasteiger partial charge in [0.2, 0.25) is 0 Å². The van der Waals surface area contributed by atoms with E-state index in [2.05, 4.69) is 22.3 Å². The van der Waals surface area contributed by atoms with E-state index in [1.54, 1.807) is 42.0 Å². The topological polar surface area (TPSA) is 204 Å². The fourth-order valence-electron chi connectivity index (χ4n) is 12.1. The number of rotatable bonds is 23. The minimum Gasteiger partial charge on any atom is -0.497 e. The fraction of sp³-hybridized carbons (Fsp3) is 0.483.